The lowest BCUT2D eigenvalue weighted by Gasteiger charge is -2.44. The summed E-state index contributed by atoms with van der Waals surface area (Å²) in [5.41, 5.74) is 0.381. The SMILES string of the molecule is CCCC(C)(C)N1CCNC(CC(C)C)C1. The second-order valence-electron chi connectivity index (χ2n) is 6.29. The zero-order valence-electron chi connectivity index (χ0n) is 11.8. The summed E-state index contributed by atoms with van der Waals surface area (Å²) in [5, 5.41) is 3.65. The molecule has 0 radical (unpaired) electrons. The van der Waals surface area contributed by atoms with Crippen LogP contribution >= 0.6 is 0 Å². The van der Waals surface area contributed by atoms with Crippen molar-refractivity contribution in [3.8, 4) is 0 Å². The Morgan fingerprint density at radius 1 is 1.38 bits per heavy atom. The molecule has 0 aliphatic carbocycles. The van der Waals surface area contributed by atoms with Gasteiger partial charge in [0.25, 0.3) is 0 Å². The molecule has 1 aliphatic heterocycles. The first-order valence-electron chi connectivity index (χ1n) is 6.94. The lowest BCUT2D eigenvalue weighted by atomic mass is 9.93. The van der Waals surface area contributed by atoms with Crippen molar-refractivity contribution in [2.45, 2.75) is 65.5 Å². The first kappa shape index (κ1) is 14.0. The molecular weight excluding hydrogens is 196 g/mol. The maximum Gasteiger partial charge on any atom is 0.0198 e. The van der Waals surface area contributed by atoms with E-state index in [-0.39, 0.29) is 0 Å². The molecule has 1 fully saturated rings. The zero-order valence-corrected chi connectivity index (χ0v) is 11.8. The highest BCUT2D eigenvalue weighted by molar-refractivity contribution is 4.88. The van der Waals surface area contributed by atoms with Gasteiger partial charge in [-0.15, -0.1) is 0 Å². The second kappa shape index (κ2) is 6.02. The van der Waals surface area contributed by atoms with E-state index < -0.39 is 0 Å². The van der Waals surface area contributed by atoms with Crippen molar-refractivity contribution in [3.05, 3.63) is 0 Å². The summed E-state index contributed by atoms with van der Waals surface area (Å²) in [6, 6.07) is 0.699. The highest BCUT2D eigenvalue weighted by Gasteiger charge is 2.30. The van der Waals surface area contributed by atoms with Crippen LogP contribution in [0.4, 0.5) is 0 Å². The fourth-order valence-electron chi connectivity index (χ4n) is 2.87. The van der Waals surface area contributed by atoms with E-state index >= 15 is 0 Å². The summed E-state index contributed by atoms with van der Waals surface area (Å²) in [6.07, 6.45) is 3.89. The van der Waals surface area contributed by atoms with Crippen LogP contribution in [0, 0.1) is 5.92 Å². The number of nitrogens with zero attached hydrogens (tertiary/aromatic N) is 1. The Morgan fingerprint density at radius 3 is 2.62 bits per heavy atom. The first-order chi connectivity index (χ1) is 7.45. The minimum atomic E-state index is 0.381. The number of piperazine rings is 1. The van der Waals surface area contributed by atoms with Gasteiger partial charge < -0.3 is 5.32 Å². The predicted molar refractivity (Wildman–Crippen MR) is 71.8 cm³/mol. The van der Waals surface area contributed by atoms with Gasteiger partial charge in [0, 0.05) is 31.2 Å². The molecule has 0 aromatic carbocycles. The van der Waals surface area contributed by atoms with Gasteiger partial charge in [0.1, 0.15) is 0 Å². The van der Waals surface area contributed by atoms with Crippen LogP contribution in [-0.4, -0.2) is 36.1 Å². The van der Waals surface area contributed by atoms with Crippen LogP contribution in [0.25, 0.3) is 0 Å². The summed E-state index contributed by atoms with van der Waals surface area (Å²) in [6.45, 7) is 15.3. The third-order valence-corrected chi connectivity index (χ3v) is 3.73. The molecule has 0 spiro atoms. The molecule has 0 saturated carbocycles. The third-order valence-electron chi connectivity index (χ3n) is 3.73. The molecule has 1 atom stereocenters. The highest BCUT2D eigenvalue weighted by Crippen LogP contribution is 2.23. The summed E-state index contributed by atoms with van der Waals surface area (Å²) in [5.74, 6) is 0.798. The monoisotopic (exact) mass is 226 g/mol. The molecule has 96 valence electrons. The maximum atomic E-state index is 3.65. The minimum absolute atomic E-state index is 0.381. The molecule has 16 heavy (non-hydrogen) atoms. The van der Waals surface area contributed by atoms with Gasteiger partial charge in [-0.05, 0) is 32.6 Å². The van der Waals surface area contributed by atoms with Gasteiger partial charge in [-0.2, -0.15) is 0 Å². The van der Waals surface area contributed by atoms with Crippen LogP contribution in [0.5, 0.6) is 0 Å². The molecule has 1 aliphatic rings. The summed E-state index contributed by atoms with van der Waals surface area (Å²) in [4.78, 5) is 2.68. The van der Waals surface area contributed by atoms with E-state index in [1.165, 1.54) is 32.4 Å². The van der Waals surface area contributed by atoms with Gasteiger partial charge in [0.15, 0.2) is 0 Å². The molecule has 1 heterocycles. The number of nitrogens with one attached hydrogen (secondary N) is 1. The number of rotatable bonds is 5. The van der Waals surface area contributed by atoms with Gasteiger partial charge in [-0.3, -0.25) is 4.90 Å². The van der Waals surface area contributed by atoms with Gasteiger partial charge >= 0.3 is 0 Å². The van der Waals surface area contributed by atoms with Gasteiger partial charge in [-0.1, -0.05) is 27.2 Å². The van der Waals surface area contributed by atoms with E-state index in [1.807, 2.05) is 0 Å². The zero-order chi connectivity index (χ0) is 12.2. The van der Waals surface area contributed by atoms with Crippen LogP contribution in [0.3, 0.4) is 0 Å². The molecular formula is C14H30N2. The molecule has 1 rings (SSSR count). The molecule has 1 unspecified atom stereocenters. The largest absolute Gasteiger partial charge is 0.311 e. The van der Waals surface area contributed by atoms with E-state index in [9.17, 15) is 0 Å². The number of hydrogen-bond donors (Lipinski definition) is 1. The molecule has 2 nitrogen and oxygen atoms in total. The third kappa shape index (κ3) is 4.06. The van der Waals surface area contributed by atoms with E-state index in [0.717, 1.165) is 12.5 Å². The van der Waals surface area contributed by atoms with Crippen LogP contribution in [0.2, 0.25) is 0 Å². The van der Waals surface area contributed by atoms with Crippen molar-refractivity contribution >= 4 is 0 Å². The minimum Gasteiger partial charge on any atom is -0.311 e. The Balaban J connectivity index is 2.49. The van der Waals surface area contributed by atoms with Crippen molar-refractivity contribution < 1.29 is 0 Å². The summed E-state index contributed by atoms with van der Waals surface area (Å²) >= 11 is 0. The van der Waals surface area contributed by atoms with Crippen LogP contribution < -0.4 is 5.32 Å². The van der Waals surface area contributed by atoms with Crippen molar-refractivity contribution in [2.75, 3.05) is 19.6 Å². The molecule has 2 heteroatoms. The Kier molecular flexibility index (Phi) is 5.26. The van der Waals surface area contributed by atoms with E-state index in [4.69, 9.17) is 0 Å². The smallest absolute Gasteiger partial charge is 0.0198 e. The van der Waals surface area contributed by atoms with Crippen molar-refractivity contribution in [2.24, 2.45) is 5.92 Å². The average molecular weight is 226 g/mol. The van der Waals surface area contributed by atoms with Gasteiger partial charge in [0.05, 0.1) is 0 Å². The van der Waals surface area contributed by atoms with E-state index in [1.54, 1.807) is 0 Å². The standard InChI is InChI=1S/C14H30N2/c1-6-7-14(4,5)16-9-8-15-13(11-16)10-12(2)3/h12-13,15H,6-11H2,1-5H3. The van der Waals surface area contributed by atoms with Gasteiger partial charge in [0.2, 0.25) is 0 Å². The maximum absolute atomic E-state index is 3.65. The summed E-state index contributed by atoms with van der Waals surface area (Å²) in [7, 11) is 0. The lowest BCUT2D eigenvalue weighted by molar-refractivity contribution is 0.0703. The van der Waals surface area contributed by atoms with Crippen LogP contribution in [-0.2, 0) is 0 Å². The molecule has 0 aromatic rings. The Hall–Kier alpha value is -0.0800. The second-order valence-corrected chi connectivity index (χ2v) is 6.29. The lowest BCUT2D eigenvalue weighted by Crippen LogP contribution is -2.57. The first-order valence-corrected chi connectivity index (χ1v) is 6.94. The molecule has 1 saturated heterocycles. The predicted octanol–water partition coefficient (Wildman–Crippen LogP) is 2.89. The quantitative estimate of drug-likeness (QED) is 0.775. The van der Waals surface area contributed by atoms with Crippen molar-refractivity contribution in [3.63, 3.8) is 0 Å². The highest BCUT2D eigenvalue weighted by atomic mass is 15.2. The van der Waals surface area contributed by atoms with E-state index in [0.29, 0.717) is 11.6 Å². The topological polar surface area (TPSA) is 15.3 Å². The Morgan fingerprint density at radius 2 is 2.06 bits per heavy atom. The Labute approximate surface area is 102 Å². The molecule has 1 N–H and O–H groups in total. The van der Waals surface area contributed by atoms with Crippen LogP contribution in [0.1, 0.15) is 53.9 Å². The average Bonchev–Trinajstić information content (AvgIpc) is 2.17. The molecule has 0 aromatic heterocycles. The van der Waals surface area contributed by atoms with Crippen molar-refractivity contribution in [1.29, 1.82) is 0 Å². The molecule has 0 amide bonds. The molecule has 0 bridgehead atoms. The fraction of sp³-hybridized carbons (Fsp3) is 1.00. The van der Waals surface area contributed by atoms with Crippen LogP contribution in [0.15, 0.2) is 0 Å². The number of hydrogen-bond acceptors (Lipinski definition) is 2. The van der Waals surface area contributed by atoms with Gasteiger partial charge in [-0.25, -0.2) is 0 Å². The normalized spacial score (nSPS) is 24.0. The summed E-state index contributed by atoms with van der Waals surface area (Å²) < 4.78 is 0. The fourth-order valence-corrected chi connectivity index (χ4v) is 2.87. The van der Waals surface area contributed by atoms with Crippen molar-refractivity contribution in [1.82, 2.24) is 10.2 Å². The van der Waals surface area contributed by atoms with E-state index in [2.05, 4.69) is 44.8 Å². The Bertz CT molecular complexity index is 199.